The van der Waals surface area contributed by atoms with Gasteiger partial charge in [0.2, 0.25) is 0 Å². The number of thiol groups is 1. The van der Waals surface area contributed by atoms with E-state index >= 15 is 0 Å². The van der Waals surface area contributed by atoms with Crippen LogP contribution in [0, 0.1) is 0 Å². The highest BCUT2D eigenvalue weighted by Gasteiger charge is 2.28. The van der Waals surface area contributed by atoms with Gasteiger partial charge in [-0.2, -0.15) is 0 Å². The SMILES string of the molecule is Nc1ccc(-c2ccc(Nc3ccc(-c4cccc(-c5ccccc5)c4S)cc3)cc2)c2c1Sc1c(-c3ccccc3)ccc(-c3ccccc3)c1S2. The number of rotatable bonds is 7. The van der Waals surface area contributed by atoms with Crippen LogP contribution in [-0.2, 0) is 0 Å². The maximum atomic E-state index is 6.73. The van der Waals surface area contributed by atoms with Gasteiger partial charge in [0.05, 0.1) is 0 Å². The molecule has 53 heavy (non-hydrogen) atoms. The fourth-order valence-corrected chi connectivity index (χ4v) is 10.1. The molecule has 0 bridgehead atoms. The standard InChI is InChI=1S/C48H34N2S3/c49-43-30-29-42(47-48(43)53-46-41(33-15-8-3-9-16-33)28-27-40(45(46)52-47)32-13-6-2-7-14-32)35-21-25-37(26-22-35)50-36-23-19-34(20-24-36)39-18-10-17-38(44(39)51)31-11-4-1-5-12-31/h1-30,50-51H,49H2. The van der Waals surface area contributed by atoms with Gasteiger partial charge < -0.3 is 11.1 Å². The molecule has 2 nitrogen and oxygen atoms in total. The third-order valence-electron chi connectivity index (χ3n) is 9.63. The van der Waals surface area contributed by atoms with Crippen LogP contribution in [-0.4, -0.2) is 0 Å². The average Bonchev–Trinajstić information content (AvgIpc) is 3.22. The minimum Gasteiger partial charge on any atom is -0.398 e. The van der Waals surface area contributed by atoms with Crippen molar-refractivity contribution in [3.63, 3.8) is 0 Å². The van der Waals surface area contributed by atoms with E-state index in [0.717, 1.165) is 54.7 Å². The zero-order valence-corrected chi connectivity index (χ0v) is 31.2. The number of nitrogen functional groups attached to an aromatic ring is 1. The second kappa shape index (κ2) is 14.4. The summed E-state index contributed by atoms with van der Waals surface area (Å²) in [4.78, 5) is 5.80. The summed E-state index contributed by atoms with van der Waals surface area (Å²) in [5, 5.41) is 3.60. The number of hydrogen-bond donors (Lipinski definition) is 3. The van der Waals surface area contributed by atoms with Crippen LogP contribution >= 0.6 is 36.2 Å². The van der Waals surface area contributed by atoms with Crippen LogP contribution in [0.4, 0.5) is 17.1 Å². The van der Waals surface area contributed by atoms with Gasteiger partial charge in [-0.15, -0.1) is 12.6 Å². The van der Waals surface area contributed by atoms with Crippen LogP contribution in [0.15, 0.2) is 206 Å². The normalized spacial score (nSPS) is 11.8. The lowest BCUT2D eigenvalue weighted by Gasteiger charge is -2.27. The van der Waals surface area contributed by atoms with Gasteiger partial charge in [-0.25, -0.2) is 0 Å². The summed E-state index contributed by atoms with van der Waals surface area (Å²) in [5.74, 6) is 0. The van der Waals surface area contributed by atoms with Crippen LogP contribution in [0.3, 0.4) is 0 Å². The van der Waals surface area contributed by atoms with Gasteiger partial charge in [0.25, 0.3) is 0 Å². The Kier molecular flexibility index (Phi) is 9.06. The lowest BCUT2D eigenvalue weighted by atomic mass is 9.98. The van der Waals surface area contributed by atoms with Gasteiger partial charge in [0.15, 0.2) is 0 Å². The molecule has 0 amide bonds. The molecular formula is C48H34N2S3. The van der Waals surface area contributed by atoms with E-state index in [1.54, 1.807) is 11.8 Å². The topological polar surface area (TPSA) is 38.0 Å². The van der Waals surface area contributed by atoms with Gasteiger partial charge >= 0.3 is 0 Å². The Morgan fingerprint density at radius 1 is 0.340 bits per heavy atom. The van der Waals surface area contributed by atoms with Crippen molar-refractivity contribution in [1.29, 1.82) is 0 Å². The molecule has 9 rings (SSSR count). The Labute approximate surface area is 324 Å². The summed E-state index contributed by atoms with van der Waals surface area (Å²) in [6.07, 6.45) is 0. The van der Waals surface area contributed by atoms with Crippen molar-refractivity contribution in [2.24, 2.45) is 0 Å². The molecule has 1 heterocycles. The summed E-state index contributed by atoms with van der Waals surface area (Å²) < 4.78 is 0. The van der Waals surface area contributed by atoms with Crippen LogP contribution in [0.5, 0.6) is 0 Å². The third kappa shape index (κ3) is 6.53. The first-order valence-corrected chi connectivity index (χ1v) is 19.6. The molecule has 8 aromatic carbocycles. The molecule has 0 saturated carbocycles. The van der Waals surface area contributed by atoms with E-state index in [0.29, 0.717) is 0 Å². The molecule has 0 atom stereocenters. The van der Waals surface area contributed by atoms with E-state index in [-0.39, 0.29) is 0 Å². The predicted octanol–water partition coefficient (Wildman–Crippen LogP) is 14.3. The van der Waals surface area contributed by atoms with E-state index < -0.39 is 0 Å². The monoisotopic (exact) mass is 734 g/mol. The first-order valence-electron chi connectivity index (χ1n) is 17.5. The molecule has 0 aliphatic carbocycles. The van der Waals surface area contributed by atoms with E-state index in [2.05, 4.69) is 181 Å². The molecule has 5 heteroatoms. The highest BCUT2D eigenvalue weighted by Crippen LogP contribution is 2.58. The highest BCUT2D eigenvalue weighted by molar-refractivity contribution is 8.05. The molecule has 0 radical (unpaired) electrons. The molecule has 0 aromatic heterocycles. The van der Waals surface area contributed by atoms with E-state index in [1.807, 2.05) is 17.8 Å². The Morgan fingerprint density at radius 3 is 1.17 bits per heavy atom. The summed E-state index contributed by atoms with van der Waals surface area (Å²) in [7, 11) is 0. The lowest BCUT2D eigenvalue weighted by Crippen LogP contribution is -2.01. The van der Waals surface area contributed by atoms with Crippen molar-refractivity contribution < 1.29 is 0 Å². The van der Waals surface area contributed by atoms with E-state index in [4.69, 9.17) is 18.4 Å². The minimum absolute atomic E-state index is 0.801. The Bertz CT molecular complexity index is 2570. The van der Waals surface area contributed by atoms with Gasteiger partial charge in [-0.3, -0.25) is 0 Å². The number of fused-ring (bicyclic) bond motifs is 2. The Hall–Kier alpha value is -5.59. The van der Waals surface area contributed by atoms with Crippen LogP contribution < -0.4 is 11.1 Å². The number of nitrogens with one attached hydrogen (secondary N) is 1. The smallest absolute Gasteiger partial charge is 0.0498 e. The molecule has 0 unspecified atom stereocenters. The second-order valence-electron chi connectivity index (χ2n) is 13.0. The van der Waals surface area contributed by atoms with Gasteiger partial charge in [-0.05, 0) is 86.0 Å². The summed E-state index contributed by atoms with van der Waals surface area (Å²) in [6.45, 7) is 0. The maximum absolute atomic E-state index is 6.73. The maximum Gasteiger partial charge on any atom is 0.0498 e. The quantitative estimate of drug-likeness (QED) is 0.113. The van der Waals surface area contributed by atoms with Crippen molar-refractivity contribution in [2.45, 2.75) is 24.5 Å². The molecule has 8 aromatic rings. The van der Waals surface area contributed by atoms with Crippen LogP contribution in [0.1, 0.15) is 0 Å². The van der Waals surface area contributed by atoms with Crippen LogP contribution in [0.2, 0.25) is 0 Å². The molecule has 0 saturated heterocycles. The third-order valence-corrected chi connectivity index (χ3v) is 12.9. The highest BCUT2D eigenvalue weighted by atomic mass is 32.2. The molecule has 0 spiro atoms. The second-order valence-corrected chi connectivity index (χ2v) is 15.5. The van der Waals surface area contributed by atoms with Crippen LogP contribution in [0.25, 0.3) is 55.6 Å². The zero-order chi connectivity index (χ0) is 35.7. The number of anilines is 3. The lowest BCUT2D eigenvalue weighted by molar-refractivity contribution is 1.17. The molecule has 3 N–H and O–H groups in total. The number of hydrogen-bond acceptors (Lipinski definition) is 5. The molecule has 1 aliphatic rings. The van der Waals surface area contributed by atoms with Crippen molar-refractivity contribution >= 4 is 53.2 Å². The predicted molar refractivity (Wildman–Crippen MR) is 230 cm³/mol. The molecular weight excluding hydrogens is 701 g/mol. The van der Waals surface area contributed by atoms with E-state index in [9.17, 15) is 0 Å². The summed E-state index contributed by atoms with van der Waals surface area (Å²) >= 11 is 8.57. The van der Waals surface area contributed by atoms with Gasteiger partial charge in [0.1, 0.15) is 0 Å². The van der Waals surface area contributed by atoms with Gasteiger partial charge in [-0.1, -0.05) is 175 Å². The zero-order valence-electron chi connectivity index (χ0n) is 28.7. The largest absolute Gasteiger partial charge is 0.398 e. The summed E-state index contributed by atoms with van der Waals surface area (Å²) in [5.41, 5.74) is 21.3. The molecule has 0 fully saturated rings. The molecule has 1 aliphatic heterocycles. The van der Waals surface area contributed by atoms with Crippen molar-refractivity contribution in [1.82, 2.24) is 0 Å². The fourth-order valence-electron chi connectivity index (χ4n) is 6.93. The van der Waals surface area contributed by atoms with Gasteiger partial charge in [0, 0.05) is 41.5 Å². The first kappa shape index (κ1) is 33.3. The Morgan fingerprint density at radius 2 is 0.698 bits per heavy atom. The minimum atomic E-state index is 0.801. The summed E-state index contributed by atoms with van der Waals surface area (Å²) in [6, 6.07) is 64.1. The number of nitrogens with two attached hydrogens (primary N) is 1. The van der Waals surface area contributed by atoms with Crippen molar-refractivity contribution in [3.05, 3.63) is 182 Å². The van der Waals surface area contributed by atoms with Crippen molar-refractivity contribution in [2.75, 3.05) is 11.1 Å². The van der Waals surface area contributed by atoms with Crippen molar-refractivity contribution in [3.8, 4) is 55.6 Å². The molecule has 254 valence electrons. The number of benzene rings is 8. The fraction of sp³-hybridized carbons (Fsp3) is 0. The Balaban J connectivity index is 1.00. The van der Waals surface area contributed by atoms with E-state index in [1.165, 1.54) is 42.5 Å². The average molecular weight is 735 g/mol. The first-order chi connectivity index (χ1) is 26.1.